The van der Waals surface area contributed by atoms with Crippen LogP contribution in [0.3, 0.4) is 0 Å². The molecule has 1 aromatic carbocycles. The van der Waals surface area contributed by atoms with Gasteiger partial charge in [-0.25, -0.2) is 4.79 Å². The van der Waals surface area contributed by atoms with Gasteiger partial charge >= 0.3 is 5.97 Å². The molecule has 2 N–H and O–H groups in total. The lowest BCUT2D eigenvalue weighted by atomic mass is 10.3. The van der Waals surface area contributed by atoms with Gasteiger partial charge in [0.2, 0.25) is 0 Å². The lowest BCUT2D eigenvalue weighted by Gasteiger charge is -2.07. The third-order valence-corrected chi connectivity index (χ3v) is 2.49. The Labute approximate surface area is 102 Å². The van der Waals surface area contributed by atoms with Crippen molar-refractivity contribution in [2.75, 3.05) is 19.0 Å². The van der Waals surface area contributed by atoms with Gasteiger partial charge in [0.05, 0.1) is 11.6 Å². The van der Waals surface area contributed by atoms with Crippen molar-refractivity contribution in [3.8, 4) is 5.75 Å². The van der Waals surface area contributed by atoms with Gasteiger partial charge in [-0.1, -0.05) is 6.08 Å². The van der Waals surface area contributed by atoms with Gasteiger partial charge in [0, 0.05) is 24.4 Å². The lowest BCUT2D eigenvalue weighted by Crippen LogP contribution is -1.99. The molecule has 0 bridgehead atoms. The quantitative estimate of drug-likeness (QED) is 0.817. The number of hydrogen-bond donors (Lipinski definition) is 2. The molecule has 1 aromatic rings. The van der Waals surface area contributed by atoms with Gasteiger partial charge in [0.15, 0.2) is 0 Å². The maximum Gasteiger partial charge on any atom is 0.328 e. The van der Waals surface area contributed by atoms with E-state index in [4.69, 9.17) is 9.84 Å². The fourth-order valence-corrected chi connectivity index (χ4v) is 1.51. The molecular formula is C11H12BrNO3. The maximum absolute atomic E-state index is 10.2. The van der Waals surface area contributed by atoms with Gasteiger partial charge < -0.3 is 15.2 Å². The van der Waals surface area contributed by atoms with Crippen LogP contribution in [0.1, 0.15) is 0 Å². The molecule has 0 aliphatic carbocycles. The van der Waals surface area contributed by atoms with Crippen LogP contribution in [-0.4, -0.2) is 24.7 Å². The van der Waals surface area contributed by atoms with Crippen LogP contribution in [0.4, 0.5) is 5.69 Å². The SMILES string of the molecule is COc1cc(NC/C=C/C(=O)O)ccc1Br. The highest BCUT2D eigenvalue weighted by Crippen LogP contribution is 2.27. The normalized spacial score (nSPS) is 10.4. The third-order valence-electron chi connectivity index (χ3n) is 1.84. The van der Waals surface area contributed by atoms with E-state index < -0.39 is 5.97 Å². The summed E-state index contributed by atoms with van der Waals surface area (Å²) in [6.45, 7) is 0.455. The van der Waals surface area contributed by atoms with Gasteiger partial charge in [-0.2, -0.15) is 0 Å². The molecule has 86 valence electrons. The number of aliphatic carboxylic acids is 1. The summed E-state index contributed by atoms with van der Waals surface area (Å²) in [7, 11) is 1.59. The van der Waals surface area contributed by atoms with Crippen LogP contribution in [0.15, 0.2) is 34.8 Å². The molecule has 0 amide bonds. The number of benzene rings is 1. The van der Waals surface area contributed by atoms with E-state index in [1.54, 1.807) is 7.11 Å². The van der Waals surface area contributed by atoms with Crippen molar-refractivity contribution >= 4 is 27.6 Å². The van der Waals surface area contributed by atoms with E-state index in [2.05, 4.69) is 21.2 Å². The van der Waals surface area contributed by atoms with E-state index in [-0.39, 0.29) is 0 Å². The van der Waals surface area contributed by atoms with Crippen LogP contribution >= 0.6 is 15.9 Å². The number of nitrogens with one attached hydrogen (secondary N) is 1. The number of hydrogen-bond acceptors (Lipinski definition) is 3. The fourth-order valence-electron chi connectivity index (χ4n) is 1.11. The largest absolute Gasteiger partial charge is 0.495 e. The van der Waals surface area contributed by atoms with Crippen molar-refractivity contribution in [2.24, 2.45) is 0 Å². The third kappa shape index (κ3) is 3.94. The molecule has 5 heteroatoms. The number of carbonyl (C=O) groups is 1. The van der Waals surface area contributed by atoms with E-state index >= 15 is 0 Å². The molecule has 1 rings (SSSR count). The molecule has 0 radical (unpaired) electrons. The monoisotopic (exact) mass is 285 g/mol. The summed E-state index contributed by atoms with van der Waals surface area (Å²) < 4.78 is 6.01. The Morgan fingerprint density at radius 2 is 2.38 bits per heavy atom. The predicted octanol–water partition coefficient (Wildman–Crippen LogP) is 2.51. The summed E-state index contributed by atoms with van der Waals surface area (Å²) in [4.78, 5) is 10.2. The molecule has 0 aliphatic heterocycles. The summed E-state index contributed by atoms with van der Waals surface area (Å²) in [6, 6.07) is 5.57. The molecule has 0 fully saturated rings. The second-order valence-electron chi connectivity index (χ2n) is 2.97. The summed E-state index contributed by atoms with van der Waals surface area (Å²) in [5.41, 5.74) is 0.870. The number of carboxylic acids is 1. The number of methoxy groups -OCH3 is 1. The summed E-state index contributed by atoms with van der Waals surface area (Å²) in [5.74, 6) is -0.220. The Kier molecular flexibility index (Phi) is 4.85. The highest BCUT2D eigenvalue weighted by atomic mass is 79.9. The molecule has 0 unspecified atom stereocenters. The van der Waals surface area contributed by atoms with Crippen molar-refractivity contribution in [3.05, 3.63) is 34.8 Å². The van der Waals surface area contributed by atoms with Crippen LogP contribution in [-0.2, 0) is 4.79 Å². The Hall–Kier alpha value is -1.49. The fraction of sp³-hybridized carbons (Fsp3) is 0.182. The van der Waals surface area contributed by atoms with Crippen LogP contribution in [0.25, 0.3) is 0 Å². The Morgan fingerprint density at radius 3 is 3.00 bits per heavy atom. The Bertz CT molecular complexity index is 404. The predicted molar refractivity (Wildman–Crippen MR) is 66.0 cm³/mol. The number of ether oxygens (including phenoxy) is 1. The maximum atomic E-state index is 10.2. The van der Waals surface area contributed by atoms with Crippen LogP contribution in [0.2, 0.25) is 0 Å². The zero-order chi connectivity index (χ0) is 12.0. The minimum atomic E-state index is -0.949. The van der Waals surface area contributed by atoms with E-state index in [0.29, 0.717) is 6.54 Å². The van der Waals surface area contributed by atoms with Gasteiger partial charge in [-0.05, 0) is 28.1 Å². The number of halogens is 1. The molecule has 0 aromatic heterocycles. The highest BCUT2D eigenvalue weighted by Gasteiger charge is 2.00. The average Bonchev–Trinajstić information content (AvgIpc) is 2.26. The van der Waals surface area contributed by atoms with Crippen molar-refractivity contribution in [1.82, 2.24) is 0 Å². The second kappa shape index (κ2) is 6.17. The van der Waals surface area contributed by atoms with Crippen molar-refractivity contribution in [1.29, 1.82) is 0 Å². The van der Waals surface area contributed by atoms with Crippen molar-refractivity contribution < 1.29 is 14.6 Å². The Balaban J connectivity index is 2.58. The molecule has 0 atom stereocenters. The lowest BCUT2D eigenvalue weighted by molar-refractivity contribution is -0.131. The van der Waals surface area contributed by atoms with Crippen LogP contribution in [0.5, 0.6) is 5.75 Å². The molecule has 0 aliphatic rings. The van der Waals surface area contributed by atoms with Gasteiger partial charge in [0.1, 0.15) is 5.75 Å². The summed E-state index contributed by atoms with van der Waals surface area (Å²) in [6.07, 6.45) is 2.64. The smallest absolute Gasteiger partial charge is 0.328 e. The summed E-state index contributed by atoms with van der Waals surface area (Å²) in [5, 5.41) is 11.4. The van der Waals surface area contributed by atoms with E-state index in [0.717, 1.165) is 22.0 Å². The number of anilines is 1. The number of carboxylic acid groups (broad SMARTS) is 1. The highest BCUT2D eigenvalue weighted by molar-refractivity contribution is 9.10. The van der Waals surface area contributed by atoms with E-state index in [1.807, 2.05) is 18.2 Å². The van der Waals surface area contributed by atoms with Crippen LogP contribution < -0.4 is 10.1 Å². The molecule has 0 saturated heterocycles. The molecular weight excluding hydrogens is 274 g/mol. The number of rotatable bonds is 5. The molecule has 0 spiro atoms. The standard InChI is InChI=1S/C11H12BrNO3/c1-16-10-7-8(4-5-9(10)12)13-6-2-3-11(14)15/h2-5,7,13H,6H2,1H3,(H,14,15)/b3-2+. The first kappa shape index (κ1) is 12.6. The van der Waals surface area contributed by atoms with Crippen molar-refractivity contribution in [2.45, 2.75) is 0 Å². The zero-order valence-electron chi connectivity index (χ0n) is 8.74. The first-order valence-corrected chi connectivity index (χ1v) is 5.39. The van der Waals surface area contributed by atoms with E-state index in [1.165, 1.54) is 6.08 Å². The first-order chi connectivity index (χ1) is 7.63. The second-order valence-corrected chi connectivity index (χ2v) is 3.83. The minimum Gasteiger partial charge on any atom is -0.495 e. The van der Waals surface area contributed by atoms with Gasteiger partial charge in [-0.15, -0.1) is 0 Å². The van der Waals surface area contributed by atoms with Gasteiger partial charge in [0.25, 0.3) is 0 Å². The topological polar surface area (TPSA) is 58.6 Å². The Morgan fingerprint density at radius 1 is 1.62 bits per heavy atom. The average molecular weight is 286 g/mol. The van der Waals surface area contributed by atoms with Crippen molar-refractivity contribution in [3.63, 3.8) is 0 Å². The zero-order valence-corrected chi connectivity index (χ0v) is 10.3. The molecule has 0 saturated carbocycles. The van der Waals surface area contributed by atoms with Crippen LogP contribution in [0, 0.1) is 0 Å². The minimum absolute atomic E-state index is 0.455. The summed E-state index contributed by atoms with van der Waals surface area (Å²) >= 11 is 3.35. The molecule has 0 heterocycles. The van der Waals surface area contributed by atoms with E-state index in [9.17, 15) is 4.79 Å². The molecule has 16 heavy (non-hydrogen) atoms. The molecule has 4 nitrogen and oxygen atoms in total. The van der Waals surface area contributed by atoms with Gasteiger partial charge in [-0.3, -0.25) is 0 Å². The first-order valence-electron chi connectivity index (χ1n) is 4.60.